The molecule has 0 aliphatic carbocycles. The quantitative estimate of drug-likeness (QED) is 0.631. The third kappa shape index (κ3) is 5.30. The lowest BCUT2D eigenvalue weighted by Gasteiger charge is -2.34. The van der Waals surface area contributed by atoms with Crippen LogP contribution in [0.15, 0.2) is 18.2 Å². The Balaban J connectivity index is 1.68. The Morgan fingerprint density at radius 2 is 1.81 bits per heavy atom. The normalized spacial score (nSPS) is 17.2. The molecule has 3 N–H and O–H groups in total. The molecule has 0 saturated carbocycles. The van der Waals surface area contributed by atoms with E-state index >= 15 is 0 Å². The maximum absolute atomic E-state index is 12.9. The average molecular weight is 447 g/mol. The van der Waals surface area contributed by atoms with Gasteiger partial charge in [-0.05, 0) is 51.0 Å². The summed E-state index contributed by atoms with van der Waals surface area (Å²) in [6.45, 7) is 7.44. The molecule has 32 heavy (non-hydrogen) atoms. The minimum absolute atomic E-state index is 0.0237. The Kier molecular flexibility index (Phi) is 6.61. The monoisotopic (exact) mass is 446 g/mol. The van der Waals surface area contributed by atoms with Gasteiger partial charge in [-0.3, -0.25) is 14.4 Å². The zero-order valence-corrected chi connectivity index (χ0v) is 18.7. The molecule has 0 bridgehead atoms. The molecule has 10 heteroatoms. The minimum Gasteiger partial charge on any atom is -0.465 e. The van der Waals surface area contributed by atoms with E-state index in [1.807, 2.05) is 12.1 Å². The largest absolute Gasteiger partial charge is 0.465 e. The van der Waals surface area contributed by atoms with Crippen molar-refractivity contribution in [3.63, 3.8) is 0 Å². The smallest absolute Gasteiger partial charge is 0.407 e. The predicted octanol–water partition coefficient (Wildman–Crippen LogP) is 1.42. The van der Waals surface area contributed by atoms with Crippen LogP contribution in [0.2, 0.25) is 0 Å². The molecule has 0 aromatic heterocycles. The molecule has 10 nitrogen and oxygen atoms in total. The fraction of sp³-hybridized carbons (Fsp3) is 0.545. The maximum atomic E-state index is 12.9. The van der Waals surface area contributed by atoms with Gasteiger partial charge in [0.2, 0.25) is 5.91 Å². The number of nitrogens with two attached hydrogens (primary N) is 1. The Bertz CT molecular complexity index is 917. The second-order valence-corrected chi connectivity index (χ2v) is 9.07. The number of rotatable bonds is 6. The summed E-state index contributed by atoms with van der Waals surface area (Å²) >= 11 is 0. The molecule has 1 aromatic rings. The summed E-state index contributed by atoms with van der Waals surface area (Å²) in [6.07, 6.45) is -0.860. The molecule has 1 atom stereocenters. The number of esters is 1. The number of benzene rings is 1. The Labute approximate surface area is 186 Å². The number of nitrogens with zero attached hydrogens (tertiary/aromatic N) is 3. The van der Waals surface area contributed by atoms with Gasteiger partial charge in [0.15, 0.2) is 0 Å². The number of hydrogen-bond donors (Lipinski definition) is 2. The number of ether oxygens (including phenoxy) is 1. The van der Waals surface area contributed by atoms with E-state index in [1.165, 1.54) is 9.80 Å². The Morgan fingerprint density at radius 1 is 1.16 bits per heavy atom. The van der Waals surface area contributed by atoms with E-state index in [1.54, 1.807) is 26.8 Å². The first kappa shape index (κ1) is 23.4. The van der Waals surface area contributed by atoms with Crippen LogP contribution in [-0.4, -0.2) is 76.6 Å². The summed E-state index contributed by atoms with van der Waals surface area (Å²) in [5.41, 5.74) is 7.10. The second kappa shape index (κ2) is 9.05. The number of amides is 3. The number of fused-ring (bicyclic) bond motifs is 1. The number of carboxylic acid groups (broad SMARTS) is 1. The Hall–Kier alpha value is -3.30. The fourth-order valence-electron chi connectivity index (χ4n) is 4.03. The van der Waals surface area contributed by atoms with Crippen LogP contribution in [0.4, 0.5) is 10.5 Å². The zero-order valence-electron chi connectivity index (χ0n) is 18.7. The molecule has 3 amide bonds. The third-order valence-electron chi connectivity index (χ3n) is 5.58. The van der Waals surface area contributed by atoms with Gasteiger partial charge in [-0.15, -0.1) is 0 Å². The zero-order chi connectivity index (χ0) is 23.6. The molecular formula is C22H30N4O6. The van der Waals surface area contributed by atoms with Gasteiger partial charge in [-0.2, -0.15) is 0 Å². The maximum Gasteiger partial charge on any atom is 0.407 e. The van der Waals surface area contributed by atoms with Crippen LogP contribution in [0.3, 0.4) is 0 Å². The SMILES string of the molecule is CC(C)(C)OC(=O)CC[C@@H](C(N)=O)N1Cc2cc(N3CCN(C(=O)O)CC3)ccc2C1=O. The summed E-state index contributed by atoms with van der Waals surface area (Å²) in [5, 5.41) is 9.11. The number of primary amides is 1. The van der Waals surface area contributed by atoms with Crippen LogP contribution in [0.1, 0.15) is 49.5 Å². The van der Waals surface area contributed by atoms with Crippen molar-refractivity contribution in [2.24, 2.45) is 5.73 Å². The molecule has 2 aliphatic heterocycles. The van der Waals surface area contributed by atoms with Gasteiger partial charge in [-0.25, -0.2) is 4.79 Å². The van der Waals surface area contributed by atoms with Crippen molar-refractivity contribution in [2.75, 3.05) is 31.1 Å². The van der Waals surface area contributed by atoms with Gasteiger partial charge in [0.25, 0.3) is 5.91 Å². The molecule has 0 radical (unpaired) electrons. The van der Waals surface area contributed by atoms with Gasteiger partial charge in [0.1, 0.15) is 11.6 Å². The van der Waals surface area contributed by atoms with E-state index in [2.05, 4.69) is 4.90 Å². The van der Waals surface area contributed by atoms with E-state index < -0.39 is 29.6 Å². The van der Waals surface area contributed by atoms with Crippen molar-refractivity contribution < 1.29 is 29.0 Å². The number of carbonyl (C=O) groups is 4. The van der Waals surface area contributed by atoms with Crippen molar-refractivity contribution in [1.82, 2.24) is 9.80 Å². The lowest BCUT2D eigenvalue weighted by Crippen LogP contribution is -2.48. The third-order valence-corrected chi connectivity index (χ3v) is 5.58. The lowest BCUT2D eigenvalue weighted by molar-refractivity contribution is -0.155. The first-order valence-corrected chi connectivity index (χ1v) is 10.6. The van der Waals surface area contributed by atoms with Crippen molar-refractivity contribution >= 4 is 29.6 Å². The highest BCUT2D eigenvalue weighted by atomic mass is 16.6. The van der Waals surface area contributed by atoms with Crippen LogP contribution in [0.25, 0.3) is 0 Å². The average Bonchev–Trinajstić information content (AvgIpc) is 3.02. The van der Waals surface area contributed by atoms with Crippen LogP contribution < -0.4 is 10.6 Å². The molecule has 1 aromatic carbocycles. The molecule has 2 aliphatic rings. The van der Waals surface area contributed by atoms with E-state index in [0.717, 1.165) is 11.3 Å². The van der Waals surface area contributed by atoms with Crippen molar-refractivity contribution in [1.29, 1.82) is 0 Å². The Morgan fingerprint density at radius 3 is 2.38 bits per heavy atom. The summed E-state index contributed by atoms with van der Waals surface area (Å²) in [4.78, 5) is 53.0. The molecule has 1 fully saturated rings. The first-order valence-electron chi connectivity index (χ1n) is 10.6. The van der Waals surface area contributed by atoms with E-state index in [4.69, 9.17) is 15.6 Å². The van der Waals surface area contributed by atoms with Crippen LogP contribution in [0, 0.1) is 0 Å². The second-order valence-electron chi connectivity index (χ2n) is 9.07. The van der Waals surface area contributed by atoms with E-state index in [9.17, 15) is 19.2 Å². The molecule has 0 spiro atoms. The molecule has 2 heterocycles. The lowest BCUT2D eigenvalue weighted by atomic mass is 10.1. The predicted molar refractivity (Wildman–Crippen MR) is 116 cm³/mol. The van der Waals surface area contributed by atoms with Gasteiger partial charge in [0.05, 0.1) is 0 Å². The summed E-state index contributed by atoms with van der Waals surface area (Å²) < 4.78 is 5.28. The van der Waals surface area contributed by atoms with Gasteiger partial charge in [-0.1, -0.05) is 0 Å². The van der Waals surface area contributed by atoms with E-state index in [-0.39, 0.29) is 25.3 Å². The van der Waals surface area contributed by atoms with Crippen LogP contribution in [-0.2, 0) is 20.9 Å². The summed E-state index contributed by atoms with van der Waals surface area (Å²) in [5.74, 6) is -1.41. The van der Waals surface area contributed by atoms with Gasteiger partial charge < -0.3 is 30.3 Å². The van der Waals surface area contributed by atoms with Gasteiger partial charge >= 0.3 is 12.1 Å². The highest BCUT2D eigenvalue weighted by Crippen LogP contribution is 2.30. The standard InChI is InChI=1S/C22H30N4O6/c1-22(2,3)32-18(27)7-6-17(19(23)28)26-13-14-12-15(4-5-16(14)20(26)29)24-8-10-25(11-9-24)21(30)31/h4-5,12,17H,6-11,13H2,1-3H3,(H2,23,28)(H,30,31)/t17-/m0/s1. The van der Waals surface area contributed by atoms with Crippen LogP contribution >= 0.6 is 0 Å². The van der Waals surface area contributed by atoms with Crippen molar-refractivity contribution in [2.45, 2.75) is 51.8 Å². The number of anilines is 1. The molecule has 3 rings (SSSR count). The van der Waals surface area contributed by atoms with Crippen LogP contribution in [0.5, 0.6) is 0 Å². The number of carbonyl (C=O) groups excluding carboxylic acids is 3. The summed E-state index contributed by atoms with van der Waals surface area (Å²) in [7, 11) is 0. The fourth-order valence-corrected chi connectivity index (χ4v) is 4.03. The molecule has 174 valence electrons. The number of hydrogen-bond acceptors (Lipinski definition) is 6. The molecule has 0 unspecified atom stereocenters. The summed E-state index contributed by atoms with van der Waals surface area (Å²) in [6, 6.07) is 4.54. The number of piperazine rings is 1. The highest BCUT2D eigenvalue weighted by molar-refractivity contribution is 6.01. The highest BCUT2D eigenvalue weighted by Gasteiger charge is 2.36. The molecule has 1 saturated heterocycles. The molecular weight excluding hydrogens is 416 g/mol. The van der Waals surface area contributed by atoms with Crippen molar-refractivity contribution in [3.8, 4) is 0 Å². The minimum atomic E-state index is -0.927. The van der Waals surface area contributed by atoms with E-state index in [0.29, 0.717) is 31.7 Å². The van der Waals surface area contributed by atoms with Crippen molar-refractivity contribution in [3.05, 3.63) is 29.3 Å². The van der Waals surface area contributed by atoms with Gasteiger partial charge in [0, 0.05) is 50.4 Å². The topological polar surface area (TPSA) is 133 Å². The first-order chi connectivity index (χ1) is 15.0.